The van der Waals surface area contributed by atoms with Gasteiger partial charge in [-0.3, -0.25) is 4.79 Å². The molecule has 0 spiro atoms. The molecule has 0 heterocycles. The van der Waals surface area contributed by atoms with Crippen molar-refractivity contribution in [2.45, 2.75) is 0 Å². The largest absolute Gasteiger partial charge is 0.385 e. The molecular weight excluding hydrogens is 154 g/mol. The Kier molecular flexibility index (Phi) is 2.15. The average Bonchev–Trinajstić information content (AvgIpc) is 2.10. The molecule has 0 aromatic rings. The second-order valence-electron chi connectivity index (χ2n) is 2.03. The van der Waals surface area contributed by atoms with E-state index in [4.69, 9.17) is 10.5 Å². The number of ketones is 1. The predicted octanol–water partition coefficient (Wildman–Crippen LogP) is 0.0972. The van der Waals surface area contributed by atoms with Crippen LogP contribution in [0.5, 0.6) is 0 Å². The summed E-state index contributed by atoms with van der Waals surface area (Å²) in [6.07, 6.45) is 8.77. The molecule has 0 unspecified atom stereocenters. The van der Waals surface area contributed by atoms with E-state index < -0.39 is 0 Å². The summed E-state index contributed by atoms with van der Waals surface area (Å²) in [4.78, 5) is 10.6. The monoisotopic (exact) mass is 158 g/mol. The van der Waals surface area contributed by atoms with Crippen LogP contribution in [0.2, 0.25) is 0 Å². The minimum atomic E-state index is -0.144. The van der Waals surface area contributed by atoms with Crippen LogP contribution in [0, 0.1) is 22.9 Å². The molecule has 0 amide bonds. The third kappa shape index (κ3) is 1.44. The second-order valence-corrected chi connectivity index (χ2v) is 2.03. The van der Waals surface area contributed by atoms with Crippen LogP contribution in [0.3, 0.4) is 0 Å². The zero-order valence-electron chi connectivity index (χ0n) is 6.06. The molecule has 0 bridgehead atoms. The van der Waals surface area contributed by atoms with Crippen molar-refractivity contribution in [2.24, 2.45) is 0 Å². The van der Waals surface area contributed by atoms with Gasteiger partial charge in [0, 0.05) is 10.5 Å². The van der Waals surface area contributed by atoms with Crippen LogP contribution >= 0.6 is 0 Å². The molecule has 0 N–H and O–H groups in total. The first-order chi connectivity index (χ1) is 5.77. The van der Waals surface area contributed by atoms with Crippen molar-refractivity contribution in [1.29, 1.82) is 10.5 Å². The highest BCUT2D eigenvalue weighted by Gasteiger charge is 2.07. The standard InChI is InChI=1S/C8H4N3O/c9-5-11(6-10)7-1-3-8(12)4-2-7/h1-4H/q+1. The Morgan fingerprint density at radius 3 is 2.00 bits per heavy atom. The number of hydrogen-bond donors (Lipinski definition) is 0. The molecule has 1 aliphatic rings. The Morgan fingerprint density at radius 2 is 1.58 bits per heavy atom. The molecule has 0 aromatic heterocycles. The fraction of sp³-hybridized carbons (Fsp3) is 0. The third-order valence-electron chi connectivity index (χ3n) is 1.29. The maximum atomic E-state index is 10.6. The van der Waals surface area contributed by atoms with Crippen molar-refractivity contribution in [3.05, 3.63) is 24.3 Å². The van der Waals surface area contributed by atoms with E-state index in [2.05, 4.69) is 0 Å². The van der Waals surface area contributed by atoms with Crippen molar-refractivity contribution < 1.29 is 9.37 Å². The molecule has 0 atom stereocenters. The Labute approximate surface area is 69.0 Å². The summed E-state index contributed by atoms with van der Waals surface area (Å²) in [5.41, 5.74) is 0.402. The molecule has 0 aromatic carbocycles. The van der Waals surface area contributed by atoms with E-state index in [0.717, 1.165) is 4.58 Å². The average molecular weight is 158 g/mol. The SMILES string of the molecule is N#C[N+](C#N)=C1C=CC(=O)C=C1. The van der Waals surface area contributed by atoms with Crippen LogP contribution in [-0.2, 0) is 4.79 Å². The van der Waals surface area contributed by atoms with Gasteiger partial charge in [0.2, 0.25) is 0 Å². The minimum Gasteiger partial charge on any atom is -0.290 e. The number of carbonyl (C=O) groups is 1. The van der Waals surface area contributed by atoms with Crippen molar-refractivity contribution in [1.82, 2.24) is 0 Å². The van der Waals surface area contributed by atoms with Gasteiger partial charge in [-0.15, -0.1) is 0 Å². The maximum Gasteiger partial charge on any atom is 0.385 e. The molecule has 0 saturated carbocycles. The fourth-order valence-corrected chi connectivity index (χ4v) is 0.733. The number of nitriles is 2. The van der Waals surface area contributed by atoms with Crippen LogP contribution in [0.1, 0.15) is 0 Å². The molecule has 0 radical (unpaired) electrons. The molecular formula is C8H4N3O+. The number of allylic oxidation sites excluding steroid dienone is 4. The quantitative estimate of drug-likeness (QED) is 0.217. The highest BCUT2D eigenvalue weighted by atomic mass is 16.1. The summed E-state index contributed by atoms with van der Waals surface area (Å²) in [7, 11) is 0. The highest BCUT2D eigenvalue weighted by Crippen LogP contribution is 1.94. The van der Waals surface area contributed by atoms with Gasteiger partial charge in [0.1, 0.15) is 5.71 Å². The minimum absolute atomic E-state index is 0.144. The zero-order chi connectivity index (χ0) is 8.97. The maximum absolute atomic E-state index is 10.6. The molecule has 4 nitrogen and oxygen atoms in total. The zero-order valence-corrected chi connectivity index (χ0v) is 6.06. The number of rotatable bonds is 0. The van der Waals surface area contributed by atoms with Gasteiger partial charge in [-0.1, -0.05) is 4.58 Å². The molecule has 56 valence electrons. The van der Waals surface area contributed by atoms with Crippen molar-refractivity contribution in [2.75, 3.05) is 0 Å². The molecule has 1 rings (SSSR count). The lowest BCUT2D eigenvalue weighted by Crippen LogP contribution is -2.10. The van der Waals surface area contributed by atoms with E-state index in [0.29, 0.717) is 5.71 Å². The van der Waals surface area contributed by atoms with Crippen LogP contribution in [0.25, 0.3) is 0 Å². The first-order valence-electron chi connectivity index (χ1n) is 3.14. The molecule has 0 fully saturated rings. The summed E-state index contributed by atoms with van der Waals surface area (Å²) in [6.45, 7) is 0. The van der Waals surface area contributed by atoms with Crippen molar-refractivity contribution >= 4 is 11.5 Å². The van der Waals surface area contributed by atoms with E-state index in [1.807, 2.05) is 0 Å². The van der Waals surface area contributed by atoms with E-state index in [1.54, 1.807) is 12.4 Å². The molecule has 4 heteroatoms. The normalized spacial score (nSPS) is 13.8. The molecule has 1 aliphatic carbocycles. The van der Waals surface area contributed by atoms with Crippen LogP contribution < -0.4 is 0 Å². The summed E-state index contributed by atoms with van der Waals surface area (Å²) >= 11 is 0. The first-order valence-corrected chi connectivity index (χ1v) is 3.14. The molecule has 12 heavy (non-hydrogen) atoms. The topological polar surface area (TPSA) is 67.7 Å². The van der Waals surface area contributed by atoms with Crippen molar-refractivity contribution in [3.63, 3.8) is 0 Å². The van der Waals surface area contributed by atoms with Gasteiger partial charge in [0.05, 0.1) is 0 Å². The van der Waals surface area contributed by atoms with Crippen LogP contribution in [0.15, 0.2) is 24.3 Å². The Balaban J connectivity index is 3.10. The van der Waals surface area contributed by atoms with E-state index in [-0.39, 0.29) is 5.78 Å². The summed E-state index contributed by atoms with van der Waals surface area (Å²) in [6, 6.07) is 0. The summed E-state index contributed by atoms with van der Waals surface area (Å²) < 4.78 is 0.819. The lowest BCUT2D eigenvalue weighted by atomic mass is 10.1. The lowest BCUT2D eigenvalue weighted by molar-refractivity contribution is -0.336. The molecule has 0 saturated heterocycles. The first kappa shape index (κ1) is 7.90. The van der Waals surface area contributed by atoms with Crippen LogP contribution in [-0.4, -0.2) is 16.1 Å². The Hall–Kier alpha value is -2.20. The predicted molar refractivity (Wildman–Crippen MR) is 39.8 cm³/mol. The Bertz CT molecular complexity index is 354. The summed E-state index contributed by atoms with van der Waals surface area (Å²) in [5.74, 6) is -0.144. The fourth-order valence-electron chi connectivity index (χ4n) is 0.733. The van der Waals surface area contributed by atoms with Crippen molar-refractivity contribution in [3.8, 4) is 12.4 Å². The molecule has 0 aliphatic heterocycles. The van der Waals surface area contributed by atoms with Gasteiger partial charge in [-0.2, -0.15) is 0 Å². The van der Waals surface area contributed by atoms with E-state index in [9.17, 15) is 4.79 Å². The second kappa shape index (κ2) is 3.27. The number of hydrogen-bond acceptors (Lipinski definition) is 3. The van der Waals surface area contributed by atoms with Gasteiger partial charge in [-0.05, 0) is 24.3 Å². The highest BCUT2D eigenvalue weighted by molar-refractivity contribution is 6.14. The third-order valence-corrected chi connectivity index (χ3v) is 1.29. The van der Waals surface area contributed by atoms with Gasteiger partial charge in [-0.25, -0.2) is 0 Å². The lowest BCUT2D eigenvalue weighted by Gasteiger charge is -1.94. The van der Waals surface area contributed by atoms with Gasteiger partial charge in [0.15, 0.2) is 5.78 Å². The van der Waals surface area contributed by atoms with E-state index in [1.165, 1.54) is 24.3 Å². The van der Waals surface area contributed by atoms with E-state index >= 15 is 0 Å². The number of carbonyl (C=O) groups excluding carboxylic acids is 1. The van der Waals surface area contributed by atoms with Gasteiger partial charge < -0.3 is 0 Å². The van der Waals surface area contributed by atoms with Gasteiger partial charge in [0.25, 0.3) is 0 Å². The Morgan fingerprint density at radius 1 is 1.08 bits per heavy atom. The van der Waals surface area contributed by atoms with Gasteiger partial charge >= 0.3 is 12.4 Å². The smallest absolute Gasteiger partial charge is 0.290 e. The summed E-state index contributed by atoms with van der Waals surface area (Å²) in [5, 5.41) is 16.8. The van der Waals surface area contributed by atoms with Crippen LogP contribution in [0.4, 0.5) is 0 Å². The number of nitrogens with zero attached hydrogens (tertiary/aromatic N) is 3.